The highest BCUT2D eigenvalue weighted by Gasteiger charge is 2.40. The fourth-order valence-electron chi connectivity index (χ4n) is 3.76. The summed E-state index contributed by atoms with van der Waals surface area (Å²) in [4.78, 5) is 42.4. The first-order valence-corrected chi connectivity index (χ1v) is 11.9. The van der Waals surface area contributed by atoms with Crippen LogP contribution in [-0.2, 0) is 4.79 Å². The normalized spacial score (nSPS) is 15.9. The van der Waals surface area contributed by atoms with Gasteiger partial charge in [0, 0.05) is 37.4 Å². The summed E-state index contributed by atoms with van der Waals surface area (Å²) in [6, 6.07) is 11.6. The molecule has 4 N–H and O–H groups in total. The highest BCUT2D eigenvalue weighted by atomic mass is 35.5. The maximum atomic E-state index is 13.3. The van der Waals surface area contributed by atoms with Crippen molar-refractivity contribution in [3.63, 3.8) is 0 Å². The second-order valence-electron chi connectivity index (χ2n) is 8.33. The van der Waals surface area contributed by atoms with Crippen molar-refractivity contribution < 1.29 is 14.4 Å². The average molecular weight is 506 g/mol. The Bertz CT molecular complexity index is 1050. The Morgan fingerprint density at radius 2 is 1.71 bits per heavy atom. The molecule has 1 unspecified atom stereocenters. The van der Waals surface area contributed by atoms with Gasteiger partial charge in [0.15, 0.2) is 6.17 Å². The molecule has 0 radical (unpaired) electrons. The number of hydrogen-bond acceptors (Lipinski definition) is 4. The lowest BCUT2D eigenvalue weighted by molar-refractivity contribution is -0.132. The standard InChI is InChI=1S/C24H29Cl2N5O3/c1-15(2)16-4-7-18(8-5-16)29-24(34)31-13-3-12-30(22(31)21(32)28-11-10-27)23(33)17-6-9-19(25)20(26)14-17/h4-9,14-15,22H,3,10-13,27H2,1-2H3,(H,28,32)(H,29,34). The molecule has 0 spiro atoms. The SMILES string of the molecule is CC(C)c1ccc(NC(=O)N2CCCN(C(=O)c3ccc(Cl)c(Cl)c3)C2C(=O)NCCN)cc1. The van der Waals surface area contributed by atoms with Crippen LogP contribution in [0.25, 0.3) is 0 Å². The van der Waals surface area contributed by atoms with E-state index in [1.54, 1.807) is 6.07 Å². The fraction of sp³-hybridized carbons (Fsp3) is 0.375. The molecule has 2 aromatic carbocycles. The zero-order valence-electron chi connectivity index (χ0n) is 19.2. The number of benzene rings is 2. The third-order valence-electron chi connectivity index (χ3n) is 5.58. The van der Waals surface area contributed by atoms with Gasteiger partial charge in [0.1, 0.15) is 0 Å². The van der Waals surface area contributed by atoms with Crippen molar-refractivity contribution in [3.8, 4) is 0 Å². The van der Waals surface area contributed by atoms with Gasteiger partial charge in [-0.05, 0) is 48.2 Å². The van der Waals surface area contributed by atoms with Crippen LogP contribution in [0, 0.1) is 0 Å². The van der Waals surface area contributed by atoms with Crippen molar-refractivity contribution in [3.05, 3.63) is 63.6 Å². The van der Waals surface area contributed by atoms with Crippen molar-refractivity contribution in [1.82, 2.24) is 15.1 Å². The van der Waals surface area contributed by atoms with Gasteiger partial charge < -0.3 is 21.3 Å². The molecule has 182 valence electrons. The minimum absolute atomic E-state index is 0.219. The Morgan fingerprint density at radius 3 is 2.32 bits per heavy atom. The number of halogens is 2. The molecule has 1 atom stereocenters. The quantitative estimate of drug-likeness (QED) is 0.553. The molecule has 10 heteroatoms. The minimum Gasteiger partial charge on any atom is -0.351 e. The second-order valence-corrected chi connectivity index (χ2v) is 9.15. The fourth-order valence-corrected chi connectivity index (χ4v) is 4.06. The average Bonchev–Trinajstić information content (AvgIpc) is 2.83. The predicted octanol–water partition coefficient (Wildman–Crippen LogP) is 3.90. The molecule has 1 aliphatic rings. The van der Waals surface area contributed by atoms with Crippen LogP contribution >= 0.6 is 23.2 Å². The van der Waals surface area contributed by atoms with Crippen LogP contribution in [0.15, 0.2) is 42.5 Å². The Labute approximate surface area is 209 Å². The third-order valence-corrected chi connectivity index (χ3v) is 6.32. The van der Waals surface area contributed by atoms with E-state index in [1.165, 1.54) is 21.9 Å². The van der Waals surface area contributed by atoms with Crippen LogP contribution in [0.1, 0.15) is 42.1 Å². The van der Waals surface area contributed by atoms with Gasteiger partial charge in [-0.1, -0.05) is 49.2 Å². The molecule has 34 heavy (non-hydrogen) atoms. The maximum absolute atomic E-state index is 13.3. The molecule has 1 saturated heterocycles. The second kappa shape index (κ2) is 11.6. The first-order chi connectivity index (χ1) is 16.2. The van der Waals surface area contributed by atoms with Gasteiger partial charge >= 0.3 is 6.03 Å². The summed E-state index contributed by atoms with van der Waals surface area (Å²) in [5.74, 6) is -0.544. The Kier molecular flexibility index (Phi) is 8.77. The number of rotatable bonds is 6. The van der Waals surface area contributed by atoms with Crippen LogP contribution in [0.4, 0.5) is 10.5 Å². The summed E-state index contributed by atoms with van der Waals surface area (Å²) < 4.78 is 0. The number of anilines is 1. The lowest BCUT2D eigenvalue weighted by atomic mass is 10.0. The van der Waals surface area contributed by atoms with Gasteiger partial charge in [-0.25, -0.2) is 4.79 Å². The molecule has 0 bridgehead atoms. The molecular formula is C24H29Cl2N5O3. The zero-order valence-corrected chi connectivity index (χ0v) is 20.7. The lowest BCUT2D eigenvalue weighted by Gasteiger charge is -2.42. The molecule has 0 saturated carbocycles. The van der Waals surface area contributed by atoms with Crippen LogP contribution < -0.4 is 16.4 Å². The predicted molar refractivity (Wildman–Crippen MR) is 134 cm³/mol. The molecule has 0 aliphatic carbocycles. The van der Waals surface area contributed by atoms with Crippen molar-refractivity contribution >= 4 is 46.7 Å². The molecule has 3 rings (SSSR count). The summed E-state index contributed by atoms with van der Waals surface area (Å²) in [5.41, 5.74) is 7.56. The molecule has 1 heterocycles. The van der Waals surface area contributed by atoms with E-state index < -0.39 is 24.0 Å². The Hall–Kier alpha value is -2.81. The van der Waals surface area contributed by atoms with Crippen molar-refractivity contribution in [2.24, 2.45) is 5.73 Å². The van der Waals surface area contributed by atoms with E-state index in [0.717, 1.165) is 5.56 Å². The third kappa shape index (κ3) is 6.00. The van der Waals surface area contributed by atoms with Crippen molar-refractivity contribution in [2.45, 2.75) is 32.4 Å². The number of carbonyl (C=O) groups excluding carboxylic acids is 3. The van der Waals surface area contributed by atoms with E-state index in [-0.39, 0.29) is 23.7 Å². The summed E-state index contributed by atoms with van der Waals surface area (Å²) in [5, 5.41) is 6.09. The van der Waals surface area contributed by atoms with E-state index in [9.17, 15) is 14.4 Å². The van der Waals surface area contributed by atoms with E-state index >= 15 is 0 Å². The van der Waals surface area contributed by atoms with E-state index in [1.807, 2.05) is 24.3 Å². The zero-order chi connectivity index (χ0) is 24.8. The van der Waals surface area contributed by atoms with E-state index in [2.05, 4.69) is 24.5 Å². The number of amides is 4. The smallest absolute Gasteiger partial charge is 0.323 e. The number of urea groups is 1. The molecule has 0 aromatic heterocycles. The molecule has 1 aliphatic heterocycles. The van der Waals surface area contributed by atoms with Crippen LogP contribution in [0.5, 0.6) is 0 Å². The number of nitrogens with zero attached hydrogens (tertiary/aromatic N) is 2. The van der Waals surface area contributed by atoms with Gasteiger partial charge in [-0.2, -0.15) is 0 Å². The van der Waals surface area contributed by atoms with Gasteiger partial charge in [0.05, 0.1) is 10.0 Å². The van der Waals surface area contributed by atoms with Gasteiger partial charge in [0.2, 0.25) is 0 Å². The van der Waals surface area contributed by atoms with Crippen LogP contribution in [0.2, 0.25) is 10.0 Å². The maximum Gasteiger partial charge on any atom is 0.323 e. The first-order valence-electron chi connectivity index (χ1n) is 11.1. The van der Waals surface area contributed by atoms with E-state index in [0.29, 0.717) is 36.1 Å². The van der Waals surface area contributed by atoms with Gasteiger partial charge in [-0.3, -0.25) is 14.5 Å². The van der Waals surface area contributed by atoms with Crippen molar-refractivity contribution in [2.75, 3.05) is 31.5 Å². The summed E-state index contributed by atoms with van der Waals surface area (Å²) in [6.07, 6.45) is -0.634. The molecule has 4 amide bonds. The molecule has 2 aromatic rings. The minimum atomic E-state index is -1.14. The van der Waals surface area contributed by atoms with Crippen LogP contribution in [-0.4, -0.2) is 60.0 Å². The highest BCUT2D eigenvalue weighted by molar-refractivity contribution is 6.42. The molecular weight excluding hydrogens is 477 g/mol. The van der Waals surface area contributed by atoms with E-state index in [4.69, 9.17) is 28.9 Å². The summed E-state index contributed by atoms with van der Waals surface area (Å²) >= 11 is 12.1. The largest absolute Gasteiger partial charge is 0.351 e. The first kappa shape index (κ1) is 25.8. The van der Waals surface area contributed by atoms with Crippen LogP contribution in [0.3, 0.4) is 0 Å². The Balaban J connectivity index is 1.86. The summed E-state index contributed by atoms with van der Waals surface area (Å²) in [6.45, 7) is 5.23. The monoisotopic (exact) mass is 505 g/mol. The summed E-state index contributed by atoms with van der Waals surface area (Å²) in [7, 11) is 0. The van der Waals surface area contributed by atoms with Crippen molar-refractivity contribution in [1.29, 1.82) is 0 Å². The Morgan fingerprint density at radius 1 is 1.03 bits per heavy atom. The lowest BCUT2D eigenvalue weighted by Crippen LogP contribution is -2.64. The topological polar surface area (TPSA) is 108 Å². The number of nitrogens with two attached hydrogens (primary N) is 1. The number of hydrogen-bond donors (Lipinski definition) is 3. The molecule has 1 fully saturated rings. The van der Waals surface area contributed by atoms with Gasteiger partial charge in [-0.15, -0.1) is 0 Å². The highest BCUT2D eigenvalue weighted by Crippen LogP contribution is 2.26. The number of carbonyl (C=O) groups is 3. The number of nitrogens with one attached hydrogen (secondary N) is 2. The molecule has 8 nitrogen and oxygen atoms in total. The van der Waals surface area contributed by atoms with Gasteiger partial charge in [0.25, 0.3) is 11.8 Å².